The largest absolute Gasteiger partial charge is 0.343 e. The van der Waals surface area contributed by atoms with Crippen molar-refractivity contribution in [1.29, 1.82) is 0 Å². The summed E-state index contributed by atoms with van der Waals surface area (Å²) in [4.78, 5) is 29.2. The Hall–Kier alpha value is -3.46. The quantitative estimate of drug-likeness (QED) is 0.436. The number of amides is 3. The summed E-state index contributed by atoms with van der Waals surface area (Å²) < 4.78 is 15.0. The van der Waals surface area contributed by atoms with Gasteiger partial charge in [0.05, 0.1) is 11.7 Å². The Bertz CT molecular complexity index is 1240. The van der Waals surface area contributed by atoms with Crippen LogP contribution in [0.25, 0.3) is 10.9 Å². The number of aromatic nitrogens is 2. The lowest BCUT2D eigenvalue weighted by Gasteiger charge is -2.41. The second kappa shape index (κ2) is 12.4. The molecule has 0 spiro atoms. The summed E-state index contributed by atoms with van der Waals surface area (Å²) in [5.41, 5.74) is 2.85. The lowest BCUT2D eigenvalue weighted by atomic mass is 9.80. The molecule has 1 aliphatic carbocycles. The molecule has 9 heteroatoms. The van der Waals surface area contributed by atoms with E-state index in [1.165, 1.54) is 12.1 Å². The summed E-state index contributed by atoms with van der Waals surface area (Å²) in [6.45, 7) is 3.35. The Balaban J connectivity index is 1.36. The number of hydrogen-bond donors (Lipinski definition) is 2. The molecule has 2 aromatic carbocycles. The highest BCUT2D eigenvalue weighted by Gasteiger charge is 2.34. The maximum absolute atomic E-state index is 13.2. The monoisotopic (exact) mass is 522 g/mol. The summed E-state index contributed by atoms with van der Waals surface area (Å²) in [5, 5.41) is 11.4. The van der Waals surface area contributed by atoms with E-state index in [2.05, 4.69) is 27.7 Å². The van der Waals surface area contributed by atoms with Crippen LogP contribution in [0.5, 0.6) is 0 Å². The van der Waals surface area contributed by atoms with Crippen LogP contribution in [0.4, 0.5) is 14.9 Å². The van der Waals surface area contributed by atoms with E-state index in [-0.39, 0.29) is 35.8 Å². The lowest BCUT2D eigenvalue weighted by molar-refractivity contribution is -0.130. The molecule has 1 unspecified atom stereocenters. The minimum absolute atomic E-state index is 0.0411. The van der Waals surface area contributed by atoms with Crippen LogP contribution in [0, 0.1) is 11.7 Å². The highest BCUT2D eigenvalue weighted by atomic mass is 19.1. The third kappa shape index (κ3) is 7.10. The molecular weight excluding hydrogens is 483 g/mol. The molecule has 0 aliphatic heterocycles. The van der Waals surface area contributed by atoms with Gasteiger partial charge in [0.1, 0.15) is 5.82 Å². The van der Waals surface area contributed by atoms with Gasteiger partial charge >= 0.3 is 6.03 Å². The Kier molecular flexibility index (Phi) is 8.99. The third-order valence-electron chi connectivity index (χ3n) is 7.80. The first kappa shape index (κ1) is 27.6. The van der Waals surface area contributed by atoms with Gasteiger partial charge < -0.3 is 20.4 Å². The predicted molar refractivity (Wildman–Crippen MR) is 148 cm³/mol. The molecule has 1 fully saturated rings. The van der Waals surface area contributed by atoms with E-state index in [1.807, 2.05) is 44.4 Å². The van der Waals surface area contributed by atoms with Crippen molar-refractivity contribution in [1.82, 2.24) is 24.9 Å². The van der Waals surface area contributed by atoms with Crippen LogP contribution in [-0.4, -0.2) is 70.8 Å². The van der Waals surface area contributed by atoms with Crippen LogP contribution in [-0.2, 0) is 18.3 Å². The molecule has 8 nitrogen and oxygen atoms in total. The Morgan fingerprint density at radius 3 is 2.63 bits per heavy atom. The number of halogens is 1. The molecule has 2 N–H and O–H groups in total. The van der Waals surface area contributed by atoms with E-state index in [9.17, 15) is 14.0 Å². The van der Waals surface area contributed by atoms with Gasteiger partial charge in [-0.3, -0.25) is 9.48 Å². The zero-order valence-corrected chi connectivity index (χ0v) is 22.8. The van der Waals surface area contributed by atoms with Crippen molar-refractivity contribution in [3.05, 3.63) is 60.0 Å². The second-order valence-electron chi connectivity index (χ2n) is 10.6. The molecule has 3 amide bonds. The number of anilines is 1. The lowest BCUT2D eigenvalue weighted by Crippen LogP contribution is -2.53. The summed E-state index contributed by atoms with van der Waals surface area (Å²) in [6, 6.07) is 12.2. The zero-order chi connectivity index (χ0) is 27.2. The number of rotatable bonds is 9. The van der Waals surface area contributed by atoms with Crippen molar-refractivity contribution in [2.45, 2.75) is 51.1 Å². The topological polar surface area (TPSA) is 82.5 Å². The van der Waals surface area contributed by atoms with Crippen LogP contribution in [0.1, 0.15) is 38.2 Å². The average molecular weight is 523 g/mol. The Morgan fingerprint density at radius 2 is 1.89 bits per heavy atom. The van der Waals surface area contributed by atoms with Gasteiger partial charge in [-0.2, -0.15) is 5.10 Å². The average Bonchev–Trinajstić information content (AvgIpc) is 3.25. The molecule has 1 aromatic heterocycles. The fraction of sp³-hybridized carbons (Fsp3) is 0.483. The number of carbonyl (C=O) groups excluding carboxylic acids is 2. The van der Waals surface area contributed by atoms with E-state index in [0.717, 1.165) is 61.7 Å². The maximum atomic E-state index is 13.2. The molecule has 38 heavy (non-hydrogen) atoms. The number of aryl methyl sites for hydroxylation is 2. The van der Waals surface area contributed by atoms with Crippen LogP contribution in [0.2, 0.25) is 0 Å². The van der Waals surface area contributed by atoms with Crippen LogP contribution < -0.4 is 10.6 Å². The van der Waals surface area contributed by atoms with Crippen molar-refractivity contribution in [2.75, 3.05) is 32.5 Å². The number of nitrogens with zero attached hydrogens (tertiary/aromatic N) is 4. The number of carbonyl (C=O) groups is 2. The molecule has 4 rings (SSSR count). The molecule has 0 radical (unpaired) electrons. The SMILES string of the molecule is CC(=O)N(C)C1CC[C@@H](CN(C)CCCc2ccc(F)cc2)[C@H](NC(=O)Nc2ccc3c(cnn3C)c2)C1. The minimum atomic E-state index is -0.242. The highest BCUT2D eigenvalue weighted by molar-refractivity contribution is 5.92. The number of fused-ring (bicyclic) bond motifs is 1. The van der Waals surface area contributed by atoms with Gasteiger partial charge in [0.2, 0.25) is 5.91 Å². The van der Waals surface area contributed by atoms with Gasteiger partial charge in [-0.15, -0.1) is 0 Å². The van der Waals surface area contributed by atoms with E-state index in [4.69, 9.17) is 0 Å². The van der Waals surface area contributed by atoms with Gasteiger partial charge in [-0.25, -0.2) is 9.18 Å². The first-order valence-electron chi connectivity index (χ1n) is 13.3. The smallest absolute Gasteiger partial charge is 0.319 e. The number of benzene rings is 2. The van der Waals surface area contributed by atoms with Crippen LogP contribution >= 0.6 is 0 Å². The summed E-state index contributed by atoms with van der Waals surface area (Å²) in [7, 11) is 5.84. The summed E-state index contributed by atoms with van der Waals surface area (Å²) in [6.07, 6.45) is 6.22. The molecule has 1 aliphatic rings. The highest BCUT2D eigenvalue weighted by Crippen LogP contribution is 2.29. The van der Waals surface area contributed by atoms with Crippen molar-refractivity contribution in [2.24, 2.45) is 13.0 Å². The Labute approximate surface area is 224 Å². The molecule has 0 bridgehead atoms. The Morgan fingerprint density at radius 1 is 1.13 bits per heavy atom. The maximum Gasteiger partial charge on any atom is 0.319 e. The third-order valence-corrected chi connectivity index (χ3v) is 7.80. The standard InChI is InChI=1S/C29H39FN6O2/c1-20(37)35(3)26-13-9-22(19-34(2)15-5-6-21-7-10-24(30)11-8-21)27(17-26)33-29(38)32-25-12-14-28-23(16-25)18-31-36(28)4/h7-8,10-12,14,16,18,22,26-27H,5-6,9,13,15,17,19H2,1-4H3,(H2,32,33,38)/t22-,26?,27+/m0/s1. The van der Waals surface area contributed by atoms with Crippen molar-refractivity contribution >= 4 is 28.5 Å². The van der Waals surface area contributed by atoms with Gasteiger partial charge in [0.15, 0.2) is 0 Å². The van der Waals surface area contributed by atoms with Gasteiger partial charge in [-0.1, -0.05) is 12.1 Å². The molecule has 1 saturated carbocycles. The minimum Gasteiger partial charge on any atom is -0.343 e. The normalized spacial score (nSPS) is 19.5. The van der Waals surface area contributed by atoms with Crippen LogP contribution in [0.3, 0.4) is 0 Å². The first-order valence-corrected chi connectivity index (χ1v) is 13.3. The van der Waals surface area contributed by atoms with E-state index < -0.39 is 0 Å². The van der Waals surface area contributed by atoms with E-state index in [1.54, 1.807) is 22.7 Å². The van der Waals surface area contributed by atoms with Gasteiger partial charge in [0, 0.05) is 50.7 Å². The molecule has 1 heterocycles. The molecule has 204 valence electrons. The number of nitrogens with one attached hydrogen (secondary N) is 2. The second-order valence-corrected chi connectivity index (χ2v) is 10.6. The van der Waals surface area contributed by atoms with E-state index in [0.29, 0.717) is 5.69 Å². The molecule has 0 saturated heterocycles. The van der Waals surface area contributed by atoms with E-state index >= 15 is 0 Å². The van der Waals surface area contributed by atoms with Crippen molar-refractivity contribution in [3.63, 3.8) is 0 Å². The molecule has 3 aromatic rings. The van der Waals surface area contributed by atoms with Crippen LogP contribution in [0.15, 0.2) is 48.7 Å². The fourth-order valence-electron chi connectivity index (χ4n) is 5.49. The summed E-state index contributed by atoms with van der Waals surface area (Å²) in [5.74, 6) is 0.102. The summed E-state index contributed by atoms with van der Waals surface area (Å²) >= 11 is 0. The molecule has 3 atom stereocenters. The van der Waals surface area contributed by atoms with Gasteiger partial charge in [-0.05, 0) is 87.5 Å². The first-order chi connectivity index (χ1) is 18.2. The molecular formula is C29H39FN6O2. The van der Waals surface area contributed by atoms with Crippen molar-refractivity contribution in [3.8, 4) is 0 Å². The zero-order valence-electron chi connectivity index (χ0n) is 22.8. The predicted octanol–water partition coefficient (Wildman–Crippen LogP) is 4.41. The number of hydrogen-bond acceptors (Lipinski definition) is 4. The fourth-order valence-corrected chi connectivity index (χ4v) is 5.49. The van der Waals surface area contributed by atoms with Crippen molar-refractivity contribution < 1.29 is 14.0 Å². The number of urea groups is 1. The van der Waals surface area contributed by atoms with Gasteiger partial charge in [0.25, 0.3) is 0 Å².